The minimum absolute atomic E-state index is 0.258. The largest absolute Gasteiger partial charge is 0.380 e. The summed E-state index contributed by atoms with van der Waals surface area (Å²) in [6.45, 7) is 5.48. The van der Waals surface area contributed by atoms with Crippen molar-refractivity contribution in [3.8, 4) is 0 Å². The topological polar surface area (TPSA) is 24.9 Å². The molecule has 4 aliphatic heterocycles. The summed E-state index contributed by atoms with van der Waals surface area (Å²) >= 11 is 2.26. The molecule has 11 rings (SSSR count). The highest BCUT2D eigenvalue weighted by molar-refractivity contribution is 7.13. The van der Waals surface area contributed by atoms with E-state index >= 15 is 26.3 Å². The van der Waals surface area contributed by atoms with E-state index in [-0.39, 0.29) is 31.7 Å². The minimum atomic E-state index is -5.65. The number of halogens is 6. The molecule has 4 aromatic rings. The van der Waals surface area contributed by atoms with Crippen LogP contribution in [-0.4, -0.2) is 55.5 Å². The van der Waals surface area contributed by atoms with Gasteiger partial charge in [-0.05, 0) is 110 Å². The Balaban J connectivity index is 0.993. The van der Waals surface area contributed by atoms with Crippen LogP contribution in [0.2, 0.25) is 0 Å². The number of fused-ring (bicyclic) bond motifs is 10. The zero-order valence-electron chi connectivity index (χ0n) is 34.3. The lowest BCUT2D eigenvalue weighted by atomic mass is 9.64. The predicted molar refractivity (Wildman–Crippen MR) is 232 cm³/mol. The van der Waals surface area contributed by atoms with Crippen molar-refractivity contribution in [3.63, 3.8) is 0 Å². The second-order valence-corrected chi connectivity index (χ2v) is 20.7. The summed E-state index contributed by atoms with van der Waals surface area (Å²) < 4.78 is 110. The van der Waals surface area contributed by atoms with E-state index in [0.717, 1.165) is 98.3 Å². The van der Waals surface area contributed by atoms with Crippen LogP contribution in [0, 0.1) is 13.8 Å². The molecular formula is C49H48F6N2O2S2. The standard InChI is InChI=1S/C49H48F6N2O2S2/c1-31-35(29-33(60-31)17-23-45-43(19-9-3-10-20-43)37-13-5-7-15-39(37)56(45)25-27-58-45)41-42(48(52,53)49(54,55)47(41,50)51)36-30-34(61-32(36)2)18-24-46-44(21-11-4-12-22-44)38-14-6-8-16-40(38)57(46)26-28-59-46/h5-8,13-18,23-24,29-30H,3-4,9-12,19-22,25-28H2,1-2H3/b23-17-,24-18-. The molecule has 3 aliphatic carbocycles. The molecule has 2 spiro atoms. The molecule has 4 nitrogen and oxygen atoms in total. The van der Waals surface area contributed by atoms with Crippen LogP contribution in [0.1, 0.15) is 106 Å². The first-order chi connectivity index (χ1) is 29.2. The van der Waals surface area contributed by atoms with Gasteiger partial charge in [-0.1, -0.05) is 74.9 Å². The van der Waals surface area contributed by atoms with Gasteiger partial charge in [-0.3, -0.25) is 0 Å². The number of allylic oxidation sites excluding steroid dienone is 2. The SMILES string of the molecule is Cc1sc(/C=C\C23OCCN2c2ccccc2C32CCCCC2)cc1C1=C(c2cc(/C=C\C34OCCN3c3ccccc3C43CCCCC3)sc2C)C(F)(F)C(F)(F)C1(F)F. The summed E-state index contributed by atoms with van der Waals surface area (Å²) in [7, 11) is 0. The summed E-state index contributed by atoms with van der Waals surface area (Å²) in [5.41, 5.74) is -0.728. The average Bonchev–Trinajstić information content (AvgIpc) is 4.11. The van der Waals surface area contributed by atoms with E-state index in [1.165, 1.54) is 23.3 Å². The molecule has 7 aliphatic rings. The molecule has 0 bridgehead atoms. The lowest BCUT2D eigenvalue weighted by Crippen LogP contribution is -2.55. The number of ether oxygens (including phenoxy) is 2. The molecule has 61 heavy (non-hydrogen) atoms. The first-order valence-corrected chi connectivity index (χ1v) is 23.4. The van der Waals surface area contributed by atoms with E-state index < -0.39 is 40.4 Å². The van der Waals surface area contributed by atoms with Crippen LogP contribution in [0.15, 0.2) is 72.8 Å². The zero-order chi connectivity index (χ0) is 42.2. The number of alkyl halides is 6. The third kappa shape index (κ3) is 5.08. The molecular weight excluding hydrogens is 827 g/mol. The van der Waals surface area contributed by atoms with E-state index in [1.54, 1.807) is 13.8 Å². The number of hydrogen-bond acceptors (Lipinski definition) is 6. The number of para-hydroxylation sites is 2. The number of hydrogen-bond donors (Lipinski definition) is 0. The van der Waals surface area contributed by atoms with Crippen LogP contribution in [-0.2, 0) is 20.3 Å². The van der Waals surface area contributed by atoms with Crippen molar-refractivity contribution >= 4 is 57.3 Å². The maximum atomic E-state index is 16.3. The van der Waals surface area contributed by atoms with Crippen LogP contribution < -0.4 is 9.80 Å². The van der Waals surface area contributed by atoms with Crippen molar-refractivity contribution < 1.29 is 35.8 Å². The Bertz CT molecular complexity index is 2360. The van der Waals surface area contributed by atoms with Gasteiger partial charge in [0.2, 0.25) is 0 Å². The fraction of sp³-hybridized carbons (Fsp3) is 0.469. The molecule has 2 unspecified atom stereocenters. The maximum absolute atomic E-state index is 16.3. The molecule has 6 heterocycles. The van der Waals surface area contributed by atoms with Crippen LogP contribution in [0.25, 0.3) is 23.3 Å². The Hall–Kier alpha value is -3.84. The van der Waals surface area contributed by atoms with Crippen LogP contribution in [0.3, 0.4) is 0 Å². The summed E-state index contributed by atoms with van der Waals surface area (Å²) in [6, 6.07) is 19.5. The van der Waals surface area contributed by atoms with E-state index in [1.807, 2.05) is 36.4 Å². The second kappa shape index (κ2) is 13.6. The van der Waals surface area contributed by atoms with Crippen molar-refractivity contribution in [1.82, 2.24) is 0 Å². The number of aryl methyl sites for hydroxylation is 2. The van der Waals surface area contributed by atoms with Crippen molar-refractivity contribution in [1.29, 1.82) is 0 Å². The molecule has 0 amide bonds. The Morgan fingerprint density at radius 1 is 0.557 bits per heavy atom. The quantitative estimate of drug-likeness (QED) is 0.180. The highest BCUT2D eigenvalue weighted by atomic mass is 32.1. The van der Waals surface area contributed by atoms with E-state index in [9.17, 15) is 0 Å². The van der Waals surface area contributed by atoms with Crippen molar-refractivity contribution in [2.24, 2.45) is 0 Å². The normalized spacial score (nSPS) is 28.8. The summed E-state index contributed by atoms with van der Waals surface area (Å²) in [5, 5.41) is 0. The zero-order valence-corrected chi connectivity index (χ0v) is 35.9. The molecule has 2 atom stereocenters. The summed E-state index contributed by atoms with van der Waals surface area (Å²) in [5.74, 6) is -15.9. The fourth-order valence-electron chi connectivity index (χ4n) is 12.7. The molecule has 2 saturated heterocycles. The molecule has 0 radical (unpaired) electrons. The molecule has 320 valence electrons. The Morgan fingerprint density at radius 2 is 0.951 bits per heavy atom. The highest BCUT2D eigenvalue weighted by Gasteiger charge is 2.80. The van der Waals surface area contributed by atoms with Gasteiger partial charge in [-0.25, -0.2) is 0 Å². The molecule has 2 aromatic carbocycles. The smallest absolute Gasteiger partial charge is 0.349 e. The molecule has 2 saturated carbocycles. The van der Waals surface area contributed by atoms with Crippen molar-refractivity contribution in [2.45, 2.75) is 118 Å². The van der Waals surface area contributed by atoms with Crippen LogP contribution >= 0.6 is 22.7 Å². The number of rotatable bonds is 6. The van der Waals surface area contributed by atoms with Gasteiger partial charge in [0.15, 0.2) is 11.4 Å². The maximum Gasteiger partial charge on any atom is 0.380 e. The molecule has 2 aromatic heterocycles. The van der Waals surface area contributed by atoms with Gasteiger partial charge in [0.1, 0.15) is 0 Å². The first-order valence-electron chi connectivity index (χ1n) is 21.8. The van der Waals surface area contributed by atoms with E-state index in [0.29, 0.717) is 36.1 Å². The van der Waals surface area contributed by atoms with Gasteiger partial charge in [-0.2, -0.15) is 26.3 Å². The van der Waals surface area contributed by atoms with E-state index in [4.69, 9.17) is 9.47 Å². The second-order valence-electron chi connectivity index (χ2n) is 18.1. The van der Waals surface area contributed by atoms with Gasteiger partial charge in [0, 0.05) is 65.9 Å². The Kier molecular flexibility index (Phi) is 8.90. The van der Waals surface area contributed by atoms with Crippen molar-refractivity contribution in [3.05, 3.63) is 115 Å². The minimum Gasteiger partial charge on any atom is -0.349 e. The monoisotopic (exact) mass is 874 g/mol. The van der Waals surface area contributed by atoms with Crippen molar-refractivity contribution in [2.75, 3.05) is 36.1 Å². The lowest BCUT2D eigenvalue weighted by molar-refractivity contribution is -0.254. The fourth-order valence-corrected chi connectivity index (χ4v) is 14.6. The van der Waals surface area contributed by atoms with E-state index in [2.05, 4.69) is 46.2 Å². The lowest BCUT2D eigenvalue weighted by Gasteiger charge is -2.46. The van der Waals surface area contributed by atoms with Gasteiger partial charge in [-0.15, -0.1) is 22.7 Å². The Labute approximate surface area is 360 Å². The van der Waals surface area contributed by atoms with Gasteiger partial charge < -0.3 is 19.3 Å². The van der Waals surface area contributed by atoms with Gasteiger partial charge in [0.05, 0.1) is 13.2 Å². The third-order valence-electron chi connectivity index (χ3n) is 15.3. The predicted octanol–water partition coefficient (Wildman–Crippen LogP) is 13.2. The van der Waals surface area contributed by atoms with Crippen LogP contribution in [0.5, 0.6) is 0 Å². The number of anilines is 2. The number of nitrogens with zero attached hydrogens (tertiary/aromatic N) is 2. The summed E-state index contributed by atoms with van der Waals surface area (Å²) in [4.78, 5) is 6.10. The average molecular weight is 875 g/mol. The van der Waals surface area contributed by atoms with Gasteiger partial charge in [0.25, 0.3) is 0 Å². The number of thiophene rings is 2. The molecule has 4 fully saturated rings. The van der Waals surface area contributed by atoms with Crippen LogP contribution in [0.4, 0.5) is 37.7 Å². The van der Waals surface area contributed by atoms with Gasteiger partial charge >= 0.3 is 17.8 Å². The highest BCUT2D eigenvalue weighted by Crippen LogP contribution is 2.67. The first kappa shape index (κ1) is 40.0. The number of benzene rings is 2. The molecule has 12 heteroatoms. The Morgan fingerprint density at radius 3 is 1.36 bits per heavy atom. The third-order valence-corrected chi connectivity index (χ3v) is 17.3. The molecule has 0 N–H and O–H groups in total. The summed E-state index contributed by atoms with van der Waals surface area (Å²) in [6.07, 6.45) is 17.7.